The molecule has 0 saturated carbocycles. The lowest BCUT2D eigenvalue weighted by Gasteiger charge is -2.34. The van der Waals surface area contributed by atoms with E-state index in [0.717, 1.165) is 64.3 Å². The second-order valence-electron chi connectivity index (χ2n) is 9.42. The number of morpholine rings is 1. The number of hydrogen-bond donors (Lipinski definition) is 0. The van der Waals surface area contributed by atoms with E-state index in [1.807, 2.05) is 29.2 Å². The summed E-state index contributed by atoms with van der Waals surface area (Å²) < 4.78 is 5.42. The van der Waals surface area contributed by atoms with Crippen molar-refractivity contribution in [2.45, 2.75) is 25.8 Å². The van der Waals surface area contributed by atoms with Gasteiger partial charge in [-0.25, -0.2) is 0 Å². The van der Waals surface area contributed by atoms with E-state index in [4.69, 9.17) is 4.74 Å². The third-order valence-electron chi connectivity index (χ3n) is 7.25. The van der Waals surface area contributed by atoms with Crippen molar-refractivity contribution in [1.29, 1.82) is 0 Å². The van der Waals surface area contributed by atoms with E-state index in [2.05, 4.69) is 4.90 Å². The molecule has 2 fully saturated rings. The lowest BCUT2D eigenvalue weighted by Crippen LogP contribution is -2.40. The van der Waals surface area contributed by atoms with Gasteiger partial charge < -0.3 is 9.64 Å². The summed E-state index contributed by atoms with van der Waals surface area (Å²) in [5.41, 5.74) is 2.27. The zero-order chi connectivity index (χ0) is 23.5. The van der Waals surface area contributed by atoms with Crippen molar-refractivity contribution < 1.29 is 19.1 Å². The molecule has 5 rings (SSSR count). The van der Waals surface area contributed by atoms with E-state index in [1.165, 1.54) is 11.3 Å². The highest BCUT2D eigenvalue weighted by molar-refractivity contribution is 6.21. The Morgan fingerprint density at radius 1 is 0.882 bits per heavy atom. The van der Waals surface area contributed by atoms with Crippen molar-refractivity contribution in [3.05, 3.63) is 70.8 Å². The molecule has 0 bridgehead atoms. The maximum atomic E-state index is 13.2. The number of likely N-dealkylation sites (tertiary alicyclic amines) is 1. The summed E-state index contributed by atoms with van der Waals surface area (Å²) in [6.07, 6.45) is 3.24. The molecule has 2 aromatic carbocycles. The molecule has 3 aliphatic heterocycles. The number of nitrogens with zero attached hydrogens (tertiary/aromatic N) is 3. The van der Waals surface area contributed by atoms with Gasteiger partial charge in [0.1, 0.15) is 0 Å². The number of carbonyl (C=O) groups is 3. The Labute approximate surface area is 200 Å². The summed E-state index contributed by atoms with van der Waals surface area (Å²) in [7, 11) is 0. The molecule has 2 aromatic rings. The van der Waals surface area contributed by atoms with Gasteiger partial charge in [0.05, 0.1) is 30.9 Å². The number of ether oxygens (including phenoxy) is 1. The molecule has 178 valence electrons. The number of benzene rings is 2. The summed E-state index contributed by atoms with van der Waals surface area (Å²) in [5.74, 6) is 0.121. The maximum absolute atomic E-state index is 13.2. The van der Waals surface area contributed by atoms with Crippen molar-refractivity contribution in [3.63, 3.8) is 0 Å². The fourth-order valence-electron chi connectivity index (χ4n) is 5.17. The third-order valence-corrected chi connectivity index (χ3v) is 7.25. The monoisotopic (exact) mass is 461 g/mol. The summed E-state index contributed by atoms with van der Waals surface area (Å²) in [6, 6.07) is 14.2. The van der Waals surface area contributed by atoms with Gasteiger partial charge in [-0.1, -0.05) is 24.3 Å². The molecule has 0 atom stereocenters. The second-order valence-corrected chi connectivity index (χ2v) is 9.42. The zero-order valence-electron chi connectivity index (χ0n) is 19.4. The second kappa shape index (κ2) is 10.1. The van der Waals surface area contributed by atoms with Crippen LogP contribution in [0.5, 0.6) is 0 Å². The molecule has 0 spiro atoms. The van der Waals surface area contributed by atoms with Crippen molar-refractivity contribution in [3.8, 4) is 0 Å². The number of amides is 3. The van der Waals surface area contributed by atoms with Crippen LogP contribution in [0.3, 0.4) is 0 Å². The number of imide groups is 1. The summed E-state index contributed by atoms with van der Waals surface area (Å²) in [4.78, 5) is 44.2. The van der Waals surface area contributed by atoms with Crippen LogP contribution in [0.15, 0.2) is 48.5 Å². The Balaban J connectivity index is 1.16. The van der Waals surface area contributed by atoms with Crippen LogP contribution in [-0.4, -0.2) is 78.4 Å². The van der Waals surface area contributed by atoms with E-state index in [-0.39, 0.29) is 24.3 Å². The van der Waals surface area contributed by atoms with Crippen LogP contribution in [0, 0.1) is 5.92 Å². The first-order valence-electron chi connectivity index (χ1n) is 12.2. The quantitative estimate of drug-likeness (QED) is 0.619. The van der Waals surface area contributed by atoms with Crippen molar-refractivity contribution in [2.24, 2.45) is 5.92 Å². The molecule has 0 aliphatic carbocycles. The standard InChI is InChI=1S/C27H31N3O4/c31-25(29-12-9-20(10-13-29)8-11-28-14-16-34-17-15-28)22-5-3-4-21(18-22)19-30-26(32)23-6-1-2-7-24(23)27(30)33/h1-7,18,20H,8-17,19H2. The molecule has 0 N–H and O–H groups in total. The minimum Gasteiger partial charge on any atom is -0.379 e. The molecular weight excluding hydrogens is 430 g/mol. The largest absolute Gasteiger partial charge is 0.379 e. The average Bonchev–Trinajstić information content (AvgIpc) is 3.13. The molecule has 0 aromatic heterocycles. The normalized spacial score (nSPS) is 19.5. The predicted molar refractivity (Wildman–Crippen MR) is 128 cm³/mol. The van der Waals surface area contributed by atoms with Crippen LogP contribution >= 0.6 is 0 Å². The van der Waals surface area contributed by atoms with E-state index in [9.17, 15) is 14.4 Å². The van der Waals surface area contributed by atoms with Gasteiger partial charge in [-0.05, 0) is 61.6 Å². The van der Waals surface area contributed by atoms with Gasteiger partial charge in [0, 0.05) is 31.7 Å². The fourth-order valence-corrected chi connectivity index (χ4v) is 5.17. The van der Waals surface area contributed by atoms with Crippen molar-refractivity contribution in [2.75, 3.05) is 45.9 Å². The lowest BCUT2D eigenvalue weighted by atomic mass is 9.93. The number of rotatable bonds is 6. The van der Waals surface area contributed by atoms with Gasteiger partial charge in [-0.2, -0.15) is 0 Å². The van der Waals surface area contributed by atoms with E-state index in [0.29, 0.717) is 22.6 Å². The molecule has 7 nitrogen and oxygen atoms in total. The first kappa shape index (κ1) is 22.7. The Morgan fingerprint density at radius 2 is 1.56 bits per heavy atom. The number of carbonyl (C=O) groups excluding carboxylic acids is 3. The first-order chi connectivity index (χ1) is 16.6. The average molecular weight is 462 g/mol. The van der Waals surface area contributed by atoms with Gasteiger partial charge in [-0.15, -0.1) is 0 Å². The molecule has 0 unspecified atom stereocenters. The number of fused-ring (bicyclic) bond motifs is 1. The molecule has 7 heteroatoms. The van der Waals surface area contributed by atoms with Gasteiger partial charge >= 0.3 is 0 Å². The molecule has 2 saturated heterocycles. The molecule has 0 radical (unpaired) electrons. The maximum Gasteiger partial charge on any atom is 0.261 e. The van der Waals surface area contributed by atoms with Crippen LogP contribution in [-0.2, 0) is 11.3 Å². The Bertz CT molecular complexity index is 1040. The first-order valence-corrected chi connectivity index (χ1v) is 12.2. The lowest BCUT2D eigenvalue weighted by molar-refractivity contribution is 0.0332. The van der Waals surface area contributed by atoms with E-state index in [1.54, 1.807) is 24.3 Å². The number of piperidine rings is 1. The highest BCUT2D eigenvalue weighted by atomic mass is 16.5. The molecule has 3 aliphatic rings. The highest BCUT2D eigenvalue weighted by Crippen LogP contribution is 2.26. The molecule has 3 amide bonds. The minimum absolute atomic E-state index is 0.0239. The van der Waals surface area contributed by atoms with Crippen molar-refractivity contribution in [1.82, 2.24) is 14.7 Å². The fraction of sp³-hybridized carbons (Fsp3) is 0.444. The van der Waals surface area contributed by atoms with Crippen LogP contribution < -0.4 is 0 Å². The van der Waals surface area contributed by atoms with Crippen LogP contribution in [0.1, 0.15) is 55.9 Å². The molecular formula is C27H31N3O4. The molecule has 34 heavy (non-hydrogen) atoms. The van der Waals surface area contributed by atoms with E-state index >= 15 is 0 Å². The van der Waals surface area contributed by atoms with E-state index < -0.39 is 0 Å². The third kappa shape index (κ3) is 4.76. The summed E-state index contributed by atoms with van der Waals surface area (Å²) in [6.45, 7) is 6.53. The summed E-state index contributed by atoms with van der Waals surface area (Å²) >= 11 is 0. The van der Waals surface area contributed by atoms with Gasteiger partial charge in [0.25, 0.3) is 17.7 Å². The van der Waals surface area contributed by atoms with Gasteiger partial charge in [0.15, 0.2) is 0 Å². The Hall–Kier alpha value is -3.03. The summed E-state index contributed by atoms with van der Waals surface area (Å²) in [5, 5.41) is 0. The van der Waals surface area contributed by atoms with Crippen LogP contribution in [0.25, 0.3) is 0 Å². The SMILES string of the molecule is O=C(c1cccc(CN2C(=O)c3ccccc3C2=O)c1)N1CCC(CCN2CCOCC2)CC1. The van der Waals surface area contributed by atoms with Crippen LogP contribution in [0.2, 0.25) is 0 Å². The van der Waals surface area contributed by atoms with Gasteiger partial charge in [0.2, 0.25) is 0 Å². The Kier molecular flexibility index (Phi) is 6.74. The molecule has 3 heterocycles. The van der Waals surface area contributed by atoms with Gasteiger partial charge in [-0.3, -0.25) is 24.2 Å². The highest BCUT2D eigenvalue weighted by Gasteiger charge is 2.35. The topological polar surface area (TPSA) is 70.2 Å². The number of hydrogen-bond acceptors (Lipinski definition) is 5. The zero-order valence-corrected chi connectivity index (χ0v) is 19.4. The Morgan fingerprint density at radius 3 is 2.24 bits per heavy atom. The van der Waals surface area contributed by atoms with Crippen molar-refractivity contribution >= 4 is 17.7 Å². The predicted octanol–water partition coefficient (Wildman–Crippen LogP) is 3.06. The smallest absolute Gasteiger partial charge is 0.261 e. The minimum atomic E-state index is -0.281. The van der Waals surface area contributed by atoms with Crippen LogP contribution in [0.4, 0.5) is 0 Å².